The van der Waals surface area contributed by atoms with Crippen molar-refractivity contribution in [3.8, 4) is 0 Å². The van der Waals surface area contributed by atoms with Crippen molar-refractivity contribution in [2.45, 2.75) is 43.4 Å². The predicted molar refractivity (Wildman–Crippen MR) is 74.2 cm³/mol. The van der Waals surface area contributed by atoms with Crippen molar-refractivity contribution in [1.82, 2.24) is 0 Å². The Hall–Kier alpha value is -0.670. The highest BCUT2D eigenvalue weighted by Gasteiger charge is 1.99. The molecule has 0 saturated carbocycles. The summed E-state index contributed by atoms with van der Waals surface area (Å²) in [4.78, 5) is 1.33. The van der Waals surface area contributed by atoms with E-state index < -0.39 is 0 Å². The SMILES string of the molecule is CC(N)CCNc1ccc(SC(C)C)cc1. The van der Waals surface area contributed by atoms with E-state index in [1.165, 1.54) is 10.6 Å². The van der Waals surface area contributed by atoms with Gasteiger partial charge in [-0.1, -0.05) is 13.8 Å². The lowest BCUT2D eigenvalue weighted by molar-refractivity contribution is 0.690. The zero-order valence-corrected chi connectivity index (χ0v) is 11.2. The number of anilines is 1. The van der Waals surface area contributed by atoms with Gasteiger partial charge in [0.05, 0.1) is 0 Å². The molecule has 0 aliphatic heterocycles. The maximum absolute atomic E-state index is 5.69. The summed E-state index contributed by atoms with van der Waals surface area (Å²) in [6.45, 7) is 7.39. The van der Waals surface area contributed by atoms with Gasteiger partial charge in [-0.15, -0.1) is 11.8 Å². The second-order valence-electron chi connectivity index (χ2n) is 4.38. The molecule has 1 aromatic rings. The van der Waals surface area contributed by atoms with Crippen molar-refractivity contribution < 1.29 is 0 Å². The van der Waals surface area contributed by atoms with E-state index in [9.17, 15) is 0 Å². The number of thioether (sulfide) groups is 1. The van der Waals surface area contributed by atoms with Crippen LogP contribution in [0.4, 0.5) is 5.69 Å². The van der Waals surface area contributed by atoms with Gasteiger partial charge in [-0.25, -0.2) is 0 Å². The van der Waals surface area contributed by atoms with Crippen LogP contribution in [0.1, 0.15) is 27.2 Å². The number of nitrogens with two attached hydrogens (primary N) is 1. The maximum Gasteiger partial charge on any atom is 0.0340 e. The highest BCUT2D eigenvalue weighted by molar-refractivity contribution is 7.99. The molecule has 2 nitrogen and oxygen atoms in total. The summed E-state index contributed by atoms with van der Waals surface area (Å²) in [6.07, 6.45) is 1.00. The van der Waals surface area contributed by atoms with Crippen molar-refractivity contribution in [2.24, 2.45) is 5.73 Å². The van der Waals surface area contributed by atoms with Gasteiger partial charge >= 0.3 is 0 Å². The molecule has 3 N–H and O–H groups in total. The number of benzene rings is 1. The Kier molecular flexibility index (Phi) is 5.71. The van der Waals surface area contributed by atoms with E-state index in [1.54, 1.807) is 0 Å². The zero-order valence-electron chi connectivity index (χ0n) is 10.4. The van der Waals surface area contributed by atoms with Gasteiger partial charge < -0.3 is 11.1 Å². The first kappa shape index (κ1) is 13.4. The first-order valence-corrected chi connectivity index (χ1v) is 6.72. The van der Waals surface area contributed by atoms with Crippen LogP contribution in [0.15, 0.2) is 29.2 Å². The molecule has 0 amide bonds. The van der Waals surface area contributed by atoms with Crippen LogP contribution >= 0.6 is 11.8 Å². The van der Waals surface area contributed by atoms with E-state index in [4.69, 9.17) is 5.73 Å². The van der Waals surface area contributed by atoms with Gasteiger partial charge in [0, 0.05) is 28.4 Å². The Balaban J connectivity index is 2.39. The molecule has 0 aliphatic rings. The molecule has 0 aliphatic carbocycles. The Bertz CT molecular complexity index is 293. The molecule has 0 radical (unpaired) electrons. The summed E-state index contributed by atoms with van der Waals surface area (Å²) in [5.41, 5.74) is 6.87. The fourth-order valence-corrected chi connectivity index (χ4v) is 2.21. The summed E-state index contributed by atoms with van der Waals surface area (Å²) in [5, 5.41) is 4.00. The standard InChI is InChI=1S/C13H22N2S/c1-10(2)16-13-6-4-12(5-7-13)15-9-8-11(3)14/h4-7,10-11,15H,8-9,14H2,1-3H3. The molecule has 3 heteroatoms. The van der Waals surface area contributed by atoms with E-state index in [0.29, 0.717) is 5.25 Å². The number of hydrogen-bond donors (Lipinski definition) is 2. The number of rotatable bonds is 6. The highest BCUT2D eigenvalue weighted by atomic mass is 32.2. The quantitative estimate of drug-likeness (QED) is 0.747. The van der Waals surface area contributed by atoms with Crippen LogP contribution in [0.3, 0.4) is 0 Å². The van der Waals surface area contributed by atoms with Gasteiger partial charge in [-0.3, -0.25) is 0 Å². The molecule has 1 atom stereocenters. The van der Waals surface area contributed by atoms with Crippen molar-refractivity contribution in [2.75, 3.05) is 11.9 Å². The van der Waals surface area contributed by atoms with Gasteiger partial charge in [-0.2, -0.15) is 0 Å². The Labute approximate surface area is 103 Å². The molecule has 1 unspecified atom stereocenters. The van der Waals surface area contributed by atoms with Gasteiger partial charge in [0.25, 0.3) is 0 Å². The third-order valence-corrected chi connectivity index (χ3v) is 3.17. The molecule has 0 spiro atoms. The minimum absolute atomic E-state index is 0.267. The highest BCUT2D eigenvalue weighted by Crippen LogP contribution is 2.24. The lowest BCUT2D eigenvalue weighted by Crippen LogP contribution is -2.19. The molecule has 16 heavy (non-hydrogen) atoms. The van der Waals surface area contributed by atoms with Gasteiger partial charge in [-0.05, 0) is 37.6 Å². The molecule has 0 fully saturated rings. The minimum Gasteiger partial charge on any atom is -0.385 e. The van der Waals surface area contributed by atoms with Crippen LogP contribution in [-0.4, -0.2) is 17.8 Å². The topological polar surface area (TPSA) is 38.0 Å². The van der Waals surface area contributed by atoms with Crippen molar-refractivity contribution in [1.29, 1.82) is 0 Å². The summed E-state index contributed by atoms with van der Waals surface area (Å²) in [6, 6.07) is 8.86. The molecular weight excluding hydrogens is 216 g/mol. The van der Waals surface area contributed by atoms with E-state index >= 15 is 0 Å². The summed E-state index contributed by atoms with van der Waals surface area (Å²) >= 11 is 1.89. The van der Waals surface area contributed by atoms with Crippen LogP contribution < -0.4 is 11.1 Å². The molecule has 90 valence electrons. The Morgan fingerprint density at radius 1 is 1.19 bits per heavy atom. The van der Waals surface area contributed by atoms with Crippen molar-refractivity contribution in [3.05, 3.63) is 24.3 Å². The fraction of sp³-hybridized carbons (Fsp3) is 0.538. The van der Waals surface area contributed by atoms with Crippen LogP contribution in [0.2, 0.25) is 0 Å². The monoisotopic (exact) mass is 238 g/mol. The van der Waals surface area contributed by atoms with Gasteiger partial charge in [0.15, 0.2) is 0 Å². The van der Waals surface area contributed by atoms with Crippen molar-refractivity contribution in [3.63, 3.8) is 0 Å². The van der Waals surface area contributed by atoms with E-state index in [-0.39, 0.29) is 6.04 Å². The fourth-order valence-electron chi connectivity index (χ4n) is 1.37. The van der Waals surface area contributed by atoms with Crippen LogP contribution in [-0.2, 0) is 0 Å². The minimum atomic E-state index is 0.267. The molecule has 0 bridgehead atoms. The lowest BCUT2D eigenvalue weighted by Gasteiger charge is -2.09. The zero-order chi connectivity index (χ0) is 12.0. The Morgan fingerprint density at radius 2 is 1.81 bits per heavy atom. The molecule has 0 saturated heterocycles. The first-order valence-electron chi connectivity index (χ1n) is 5.84. The first-order chi connectivity index (χ1) is 7.58. The summed E-state index contributed by atoms with van der Waals surface area (Å²) < 4.78 is 0. The average Bonchev–Trinajstić information content (AvgIpc) is 2.19. The molecule has 1 aromatic carbocycles. The van der Waals surface area contributed by atoms with E-state index in [1.807, 2.05) is 18.7 Å². The third kappa shape index (κ3) is 5.42. The van der Waals surface area contributed by atoms with Crippen LogP contribution in [0, 0.1) is 0 Å². The molecule has 0 heterocycles. The van der Waals surface area contributed by atoms with E-state index in [0.717, 1.165) is 13.0 Å². The predicted octanol–water partition coefficient (Wildman–Crippen LogP) is 3.34. The largest absolute Gasteiger partial charge is 0.385 e. The van der Waals surface area contributed by atoms with Crippen LogP contribution in [0.5, 0.6) is 0 Å². The normalized spacial score (nSPS) is 12.8. The van der Waals surface area contributed by atoms with Crippen molar-refractivity contribution >= 4 is 17.4 Å². The number of nitrogens with one attached hydrogen (secondary N) is 1. The number of hydrogen-bond acceptors (Lipinski definition) is 3. The average molecular weight is 238 g/mol. The maximum atomic E-state index is 5.69. The second kappa shape index (κ2) is 6.81. The van der Waals surface area contributed by atoms with E-state index in [2.05, 4.69) is 43.4 Å². The van der Waals surface area contributed by atoms with Gasteiger partial charge in [0.1, 0.15) is 0 Å². The summed E-state index contributed by atoms with van der Waals surface area (Å²) in [7, 11) is 0. The van der Waals surface area contributed by atoms with Crippen LogP contribution in [0.25, 0.3) is 0 Å². The molecular formula is C13H22N2S. The smallest absolute Gasteiger partial charge is 0.0340 e. The second-order valence-corrected chi connectivity index (χ2v) is 6.03. The Morgan fingerprint density at radius 3 is 2.31 bits per heavy atom. The third-order valence-electron chi connectivity index (χ3n) is 2.15. The lowest BCUT2D eigenvalue weighted by atomic mass is 10.2. The summed E-state index contributed by atoms with van der Waals surface area (Å²) in [5.74, 6) is 0. The molecule has 0 aromatic heterocycles. The molecule has 1 rings (SSSR count). The van der Waals surface area contributed by atoms with Gasteiger partial charge in [0.2, 0.25) is 0 Å².